The number of nitrogens with two attached hydrogens (primary N) is 1. The van der Waals surface area contributed by atoms with E-state index in [9.17, 15) is 9.59 Å². The van der Waals surface area contributed by atoms with Crippen LogP contribution in [0, 0.1) is 0 Å². The molecule has 0 aromatic rings. The number of hydrogen-bond acceptors (Lipinski definition) is 3. The van der Waals surface area contributed by atoms with Crippen molar-refractivity contribution in [2.75, 3.05) is 0 Å². The van der Waals surface area contributed by atoms with Crippen molar-refractivity contribution < 1.29 is 14.3 Å². The zero-order valence-electron chi connectivity index (χ0n) is 8.21. The summed E-state index contributed by atoms with van der Waals surface area (Å²) in [5.41, 5.74) is 4.93. The van der Waals surface area contributed by atoms with Crippen molar-refractivity contribution >= 4 is 21.4 Å². The van der Waals surface area contributed by atoms with E-state index in [1.54, 1.807) is 0 Å². The van der Waals surface area contributed by atoms with Gasteiger partial charge in [-0.2, -0.15) is 0 Å². The summed E-state index contributed by atoms with van der Waals surface area (Å²) in [6.45, 7) is 3.58. The zero-order valence-corrected chi connectivity index (χ0v) is 9.62. The van der Waals surface area contributed by atoms with Gasteiger partial charge in [-0.1, -0.05) is 19.4 Å². The molecule has 2 N–H and O–H groups in total. The Hall–Kier alpha value is -0.843. The van der Waals surface area contributed by atoms with Crippen LogP contribution in [0.2, 0.25) is 12.1 Å². The number of hydrogen-bond donors (Lipinski definition) is 1. The minimum Gasteiger partial charge on any atom is -0.453 e. The highest BCUT2D eigenvalue weighted by Gasteiger charge is 2.13. The molecule has 0 aromatic carbocycles. The first-order valence-electron chi connectivity index (χ1n) is 4.56. The molecule has 1 atom stereocenters. The fraction of sp³-hybridized carbons (Fsp3) is 0.750. The molecule has 0 radical (unpaired) electrons. The lowest BCUT2D eigenvalue weighted by molar-refractivity contribution is -0.151. The lowest BCUT2D eigenvalue weighted by Crippen LogP contribution is -2.30. The van der Waals surface area contributed by atoms with Crippen LogP contribution in [0.15, 0.2) is 0 Å². The maximum absolute atomic E-state index is 11.0. The number of carbonyl (C=O) groups is 2. The van der Waals surface area contributed by atoms with Crippen LogP contribution in [0.25, 0.3) is 0 Å². The monoisotopic (exact) mass is 203 g/mol. The largest absolute Gasteiger partial charge is 0.453 e. The van der Waals surface area contributed by atoms with E-state index in [4.69, 9.17) is 10.5 Å². The van der Waals surface area contributed by atoms with Crippen molar-refractivity contribution in [3.8, 4) is 0 Å². The first kappa shape index (κ1) is 12.2. The van der Waals surface area contributed by atoms with Gasteiger partial charge in [0, 0.05) is 15.6 Å². The molecule has 0 saturated heterocycles. The molecule has 0 spiro atoms. The van der Waals surface area contributed by atoms with Crippen molar-refractivity contribution in [2.24, 2.45) is 5.73 Å². The van der Waals surface area contributed by atoms with Crippen molar-refractivity contribution in [3.63, 3.8) is 0 Å². The average molecular weight is 203 g/mol. The Bertz CT molecular complexity index is 184. The van der Waals surface area contributed by atoms with Gasteiger partial charge in [-0.3, -0.25) is 9.59 Å². The van der Waals surface area contributed by atoms with Gasteiger partial charge in [0.15, 0.2) is 6.10 Å². The van der Waals surface area contributed by atoms with Gasteiger partial charge in [-0.25, -0.2) is 0 Å². The predicted octanol–water partition coefficient (Wildman–Crippen LogP) is -0.181. The van der Waals surface area contributed by atoms with Crippen LogP contribution in [0.5, 0.6) is 0 Å². The fourth-order valence-electron chi connectivity index (χ4n) is 0.834. The third-order valence-corrected chi connectivity index (χ3v) is 3.66. The topological polar surface area (TPSA) is 69.4 Å². The van der Waals surface area contributed by atoms with Gasteiger partial charge >= 0.3 is 5.97 Å². The summed E-state index contributed by atoms with van der Waals surface area (Å²) in [6.07, 6.45) is 0.327. The van der Waals surface area contributed by atoms with Crippen LogP contribution in [-0.2, 0) is 14.3 Å². The van der Waals surface area contributed by atoms with Crippen LogP contribution in [0.4, 0.5) is 0 Å². The second-order valence-corrected chi connectivity index (χ2v) is 4.91. The summed E-state index contributed by atoms with van der Waals surface area (Å²) in [4.78, 5) is 21.6. The quantitative estimate of drug-likeness (QED) is 0.370. The molecular weight excluding hydrogens is 186 g/mol. The van der Waals surface area contributed by atoms with Crippen LogP contribution in [0.3, 0.4) is 0 Å². The van der Waals surface area contributed by atoms with Gasteiger partial charge in [-0.15, -0.1) is 0 Å². The summed E-state index contributed by atoms with van der Waals surface area (Å²) in [5.74, 6) is -0.878. The Kier molecular flexibility index (Phi) is 6.22. The first-order valence-corrected chi connectivity index (χ1v) is 6.56. The fourth-order valence-corrected chi connectivity index (χ4v) is 1.99. The van der Waals surface area contributed by atoms with E-state index in [0.717, 1.165) is 12.5 Å². The number of rotatable bonds is 6. The van der Waals surface area contributed by atoms with Crippen LogP contribution in [-0.4, -0.2) is 27.5 Å². The van der Waals surface area contributed by atoms with Crippen LogP contribution < -0.4 is 5.73 Å². The highest BCUT2D eigenvalue weighted by Crippen LogP contribution is 1.97. The van der Waals surface area contributed by atoms with Gasteiger partial charge in [0.2, 0.25) is 0 Å². The molecule has 0 rings (SSSR count). The molecule has 0 heterocycles. The smallest absolute Gasteiger partial charge is 0.303 e. The molecule has 0 bridgehead atoms. The van der Waals surface area contributed by atoms with Crippen molar-refractivity contribution in [2.45, 2.75) is 38.5 Å². The Morgan fingerprint density at radius 1 is 1.54 bits per heavy atom. The Balaban J connectivity index is 3.56. The number of ether oxygens (including phenoxy) is 1. The van der Waals surface area contributed by atoms with Gasteiger partial charge in [0.25, 0.3) is 5.91 Å². The molecule has 76 valence electrons. The number of esters is 1. The molecule has 0 saturated carbocycles. The van der Waals surface area contributed by atoms with E-state index >= 15 is 0 Å². The summed E-state index contributed by atoms with van der Waals surface area (Å²) >= 11 is 0. The highest BCUT2D eigenvalue weighted by molar-refractivity contribution is 6.40. The van der Waals surface area contributed by atoms with Gasteiger partial charge in [0.1, 0.15) is 0 Å². The highest BCUT2D eigenvalue weighted by atomic mass is 28.2. The summed E-state index contributed by atoms with van der Waals surface area (Å²) in [7, 11) is -0.330. The first-order chi connectivity index (χ1) is 6.07. The van der Waals surface area contributed by atoms with E-state index in [2.05, 4.69) is 6.92 Å². The molecule has 1 unspecified atom stereocenters. The molecule has 0 fully saturated rings. The Morgan fingerprint density at radius 3 is 2.62 bits per heavy atom. The molecule has 0 aliphatic rings. The predicted molar refractivity (Wildman–Crippen MR) is 53.2 cm³/mol. The molecule has 0 aliphatic carbocycles. The Labute approximate surface area is 80.6 Å². The molecule has 1 amide bonds. The minimum atomic E-state index is -0.789. The number of carbonyl (C=O) groups excluding carboxylic acids is 2. The SMILES string of the molecule is CCC[SiH2]CC(=O)OC(C)C(N)=O. The normalized spacial score (nSPS) is 13.1. The second kappa shape index (κ2) is 6.65. The Morgan fingerprint density at radius 2 is 2.15 bits per heavy atom. The van der Waals surface area contributed by atoms with Crippen LogP contribution in [0.1, 0.15) is 20.3 Å². The maximum Gasteiger partial charge on any atom is 0.303 e. The number of primary amides is 1. The van der Waals surface area contributed by atoms with E-state index < -0.39 is 12.0 Å². The molecule has 13 heavy (non-hydrogen) atoms. The number of amides is 1. The van der Waals surface area contributed by atoms with Gasteiger partial charge < -0.3 is 10.5 Å². The average Bonchev–Trinajstić information content (AvgIpc) is 2.04. The van der Waals surface area contributed by atoms with E-state index in [-0.39, 0.29) is 15.5 Å². The summed E-state index contributed by atoms with van der Waals surface area (Å²) in [6, 6.07) is 1.64. The van der Waals surface area contributed by atoms with Crippen molar-refractivity contribution in [1.29, 1.82) is 0 Å². The maximum atomic E-state index is 11.0. The minimum absolute atomic E-state index is 0.286. The van der Waals surface area contributed by atoms with E-state index in [1.807, 2.05) is 0 Å². The van der Waals surface area contributed by atoms with Gasteiger partial charge in [0.05, 0.1) is 0 Å². The molecule has 5 heteroatoms. The van der Waals surface area contributed by atoms with Crippen molar-refractivity contribution in [3.05, 3.63) is 0 Å². The molecule has 0 aliphatic heterocycles. The summed E-state index contributed by atoms with van der Waals surface area (Å²) in [5, 5.41) is 0. The van der Waals surface area contributed by atoms with E-state index in [1.165, 1.54) is 6.92 Å². The van der Waals surface area contributed by atoms with Crippen molar-refractivity contribution in [1.82, 2.24) is 0 Å². The lowest BCUT2D eigenvalue weighted by Gasteiger charge is -2.08. The third-order valence-electron chi connectivity index (χ3n) is 1.69. The van der Waals surface area contributed by atoms with E-state index in [0.29, 0.717) is 6.04 Å². The lowest BCUT2D eigenvalue weighted by atomic mass is 10.4. The second-order valence-electron chi connectivity index (χ2n) is 2.99. The summed E-state index contributed by atoms with van der Waals surface area (Å²) < 4.78 is 4.78. The zero-order chi connectivity index (χ0) is 10.3. The molecular formula is C8H17NO3Si. The third kappa shape index (κ3) is 6.33. The standard InChI is InChI=1S/C8H17NO3Si/c1-3-4-13-5-7(10)12-6(2)8(9)11/h6H,3-5,13H2,1-2H3,(H2,9,11). The van der Waals surface area contributed by atoms with Gasteiger partial charge in [-0.05, 0) is 6.92 Å². The molecule has 4 nitrogen and oxygen atoms in total. The molecule has 0 aromatic heterocycles. The van der Waals surface area contributed by atoms with Crippen LogP contribution >= 0.6 is 0 Å².